The fraction of sp³-hybridized carbons (Fsp3) is 0.556. The summed E-state index contributed by atoms with van der Waals surface area (Å²) >= 11 is 0. The van der Waals surface area contributed by atoms with E-state index in [9.17, 15) is 14.7 Å². The second-order valence-corrected chi connectivity index (χ2v) is 6.79. The zero-order valence-electron chi connectivity index (χ0n) is 14.4. The Hall–Kier alpha value is -1.63. The van der Waals surface area contributed by atoms with Gasteiger partial charge in [-0.3, -0.25) is 9.59 Å². The molecule has 0 bridgehead atoms. The molecule has 3 rings (SSSR count). The lowest BCUT2D eigenvalue weighted by Gasteiger charge is -2.25. The summed E-state index contributed by atoms with van der Waals surface area (Å²) < 4.78 is 0. The first kappa shape index (κ1) is 19.7. The molecule has 3 N–H and O–H groups in total. The maximum Gasteiger partial charge on any atom is 0.242 e. The van der Waals surface area contributed by atoms with Gasteiger partial charge in [0.15, 0.2) is 0 Å². The first-order valence-electron chi connectivity index (χ1n) is 8.56. The van der Waals surface area contributed by atoms with Crippen molar-refractivity contribution in [2.45, 2.75) is 38.5 Å². The summed E-state index contributed by atoms with van der Waals surface area (Å²) in [5, 5.41) is 15.8. The molecule has 0 aromatic heterocycles. The summed E-state index contributed by atoms with van der Waals surface area (Å²) in [7, 11) is 0. The highest BCUT2D eigenvalue weighted by atomic mass is 35.5. The average Bonchev–Trinajstić information content (AvgIpc) is 3.14. The van der Waals surface area contributed by atoms with E-state index in [-0.39, 0.29) is 30.1 Å². The summed E-state index contributed by atoms with van der Waals surface area (Å²) in [4.78, 5) is 26.3. The molecule has 2 heterocycles. The predicted octanol–water partition coefficient (Wildman–Crippen LogP) is 0.604. The molecule has 2 fully saturated rings. The summed E-state index contributed by atoms with van der Waals surface area (Å²) in [5.41, 5.74) is 2.20. The van der Waals surface area contributed by atoms with Gasteiger partial charge in [-0.15, -0.1) is 12.4 Å². The van der Waals surface area contributed by atoms with E-state index in [1.807, 2.05) is 31.2 Å². The Kier molecular flexibility index (Phi) is 6.81. The molecular weight excluding hydrogens is 342 g/mol. The first-order valence-corrected chi connectivity index (χ1v) is 8.56. The highest BCUT2D eigenvalue weighted by Gasteiger charge is 2.36. The van der Waals surface area contributed by atoms with Gasteiger partial charge in [0.1, 0.15) is 6.04 Å². The highest BCUT2D eigenvalue weighted by Crippen LogP contribution is 2.22. The summed E-state index contributed by atoms with van der Waals surface area (Å²) in [5.74, 6) is -0.0537. The van der Waals surface area contributed by atoms with E-state index in [2.05, 4.69) is 10.6 Å². The van der Waals surface area contributed by atoms with E-state index in [4.69, 9.17) is 0 Å². The van der Waals surface area contributed by atoms with E-state index in [0.29, 0.717) is 39.0 Å². The van der Waals surface area contributed by atoms with Crippen LogP contribution < -0.4 is 10.6 Å². The molecule has 0 spiro atoms. The number of nitrogens with zero attached hydrogens (tertiary/aromatic N) is 1. The number of amides is 2. The molecule has 2 aliphatic rings. The number of β-amino-alcohol motifs (C(OH)–C–C–N with tert-alkyl or cyclic N) is 1. The Morgan fingerprint density at radius 2 is 2.04 bits per heavy atom. The molecular formula is C18H26ClN3O3. The third-order valence-corrected chi connectivity index (χ3v) is 4.95. The van der Waals surface area contributed by atoms with Gasteiger partial charge in [0, 0.05) is 38.5 Å². The largest absolute Gasteiger partial charge is 0.391 e. The van der Waals surface area contributed by atoms with E-state index < -0.39 is 12.1 Å². The van der Waals surface area contributed by atoms with Crippen molar-refractivity contribution in [2.75, 3.05) is 19.6 Å². The van der Waals surface area contributed by atoms with Crippen molar-refractivity contribution in [3.05, 3.63) is 35.4 Å². The minimum Gasteiger partial charge on any atom is -0.391 e. The Balaban J connectivity index is 0.00000225. The third-order valence-electron chi connectivity index (χ3n) is 4.95. The number of benzene rings is 1. The number of aliphatic hydroxyl groups excluding tert-OH is 1. The molecule has 0 aliphatic carbocycles. The molecule has 1 aromatic rings. The first-order chi connectivity index (χ1) is 11.5. The van der Waals surface area contributed by atoms with Gasteiger partial charge in [0.25, 0.3) is 0 Å². The summed E-state index contributed by atoms with van der Waals surface area (Å²) in [6.45, 7) is 4.20. The molecule has 2 amide bonds. The Bertz CT molecular complexity index is 608. The van der Waals surface area contributed by atoms with Crippen LogP contribution in [0.2, 0.25) is 0 Å². The summed E-state index contributed by atoms with van der Waals surface area (Å²) in [6, 6.07) is 7.61. The molecule has 7 heteroatoms. The zero-order chi connectivity index (χ0) is 17.1. The number of carbonyl (C=O) groups is 2. The smallest absolute Gasteiger partial charge is 0.242 e. The number of hydrogen-bond donors (Lipinski definition) is 3. The van der Waals surface area contributed by atoms with Crippen LogP contribution in [0.25, 0.3) is 0 Å². The van der Waals surface area contributed by atoms with Crippen LogP contribution in [0.3, 0.4) is 0 Å². The number of nitrogens with one attached hydrogen (secondary N) is 2. The van der Waals surface area contributed by atoms with E-state index in [1.54, 1.807) is 4.90 Å². The molecule has 6 nitrogen and oxygen atoms in total. The number of carbonyl (C=O) groups excluding carboxylic acids is 2. The minimum atomic E-state index is -0.417. The summed E-state index contributed by atoms with van der Waals surface area (Å²) in [6.07, 6.45) is 0.554. The van der Waals surface area contributed by atoms with Crippen LogP contribution >= 0.6 is 12.4 Å². The van der Waals surface area contributed by atoms with Crippen molar-refractivity contribution in [3.8, 4) is 0 Å². The fourth-order valence-electron chi connectivity index (χ4n) is 3.37. The third kappa shape index (κ3) is 4.71. The van der Waals surface area contributed by atoms with Gasteiger partial charge < -0.3 is 20.6 Å². The van der Waals surface area contributed by atoms with E-state index >= 15 is 0 Å². The van der Waals surface area contributed by atoms with Crippen molar-refractivity contribution < 1.29 is 14.7 Å². The molecule has 0 saturated carbocycles. The number of rotatable bonds is 5. The molecule has 3 atom stereocenters. The molecule has 1 aromatic carbocycles. The number of hydrogen-bond acceptors (Lipinski definition) is 4. The zero-order valence-corrected chi connectivity index (χ0v) is 15.2. The van der Waals surface area contributed by atoms with Gasteiger partial charge >= 0.3 is 0 Å². The highest BCUT2D eigenvalue weighted by molar-refractivity contribution is 5.90. The standard InChI is InChI=1S/C18H25N3O3.ClH/c1-12-2-4-13(5-3-12)11-21-15(6-7-17(21)23)18(24)20-9-14-8-19-10-16(14)22;/h2-5,14-16,19,22H,6-11H2,1H3,(H,20,24);1H. The number of aliphatic hydroxyl groups is 1. The van der Waals surface area contributed by atoms with Gasteiger partial charge in [-0.1, -0.05) is 29.8 Å². The minimum absolute atomic E-state index is 0. The van der Waals surface area contributed by atoms with Crippen molar-refractivity contribution in [1.82, 2.24) is 15.5 Å². The lowest BCUT2D eigenvalue weighted by atomic mass is 10.1. The van der Waals surface area contributed by atoms with Gasteiger partial charge in [-0.2, -0.15) is 0 Å². The molecule has 25 heavy (non-hydrogen) atoms. The van der Waals surface area contributed by atoms with Gasteiger partial charge in [-0.25, -0.2) is 0 Å². The number of halogens is 1. The van der Waals surface area contributed by atoms with Crippen LogP contribution in [-0.2, 0) is 16.1 Å². The number of likely N-dealkylation sites (tertiary alicyclic amines) is 1. The SMILES string of the molecule is Cc1ccc(CN2C(=O)CCC2C(=O)NCC2CNCC2O)cc1.Cl. The van der Waals surface area contributed by atoms with Crippen molar-refractivity contribution >= 4 is 24.2 Å². The molecule has 0 radical (unpaired) electrons. The molecule has 2 saturated heterocycles. The maximum absolute atomic E-state index is 12.5. The average molecular weight is 368 g/mol. The van der Waals surface area contributed by atoms with Crippen LogP contribution in [0.1, 0.15) is 24.0 Å². The van der Waals surface area contributed by atoms with Crippen LogP contribution in [0.5, 0.6) is 0 Å². The lowest BCUT2D eigenvalue weighted by Crippen LogP contribution is -2.46. The van der Waals surface area contributed by atoms with Gasteiger partial charge in [0.05, 0.1) is 6.10 Å². The lowest BCUT2D eigenvalue weighted by molar-refractivity contribution is -0.135. The maximum atomic E-state index is 12.5. The topological polar surface area (TPSA) is 81.7 Å². The molecule has 2 aliphatic heterocycles. The quantitative estimate of drug-likeness (QED) is 0.712. The van der Waals surface area contributed by atoms with Crippen LogP contribution in [0, 0.1) is 12.8 Å². The van der Waals surface area contributed by atoms with Crippen LogP contribution in [-0.4, -0.2) is 53.6 Å². The Morgan fingerprint density at radius 1 is 1.32 bits per heavy atom. The van der Waals surface area contributed by atoms with Crippen LogP contribution in [0.15, 0.2) is 24.3 Å². The van der Waals surface area contributed by atoms with E-state index in [1.165, 1.54) is 5.56 Å². The van der Waals surface area contributed by atoms with Gasteiger partial charge in [-0.05, 0) is 18.9 Å². The predicted molar refractivity (Wildman–Crippen MR) is 97.4 cm³/mol. The normalized spacial score (nSPS) is 25.8. The van der Waals surface area contributed by atoms with Crippen LogP contribution in [0.4, 0.5) is 0 Å². The second kappa shape index (κ2) is 8.65. The second-order valence-electron chi connectivity index (χ2n) is 6.79. The Labute approximate surface area is 154 Å². The van der Waals surface area contributed by atoms with Crippen molar-refractivity contribution in [3.63, 3.8) is 0 Å². The van der Waals surface area contributed by atoms with Crippen molar-refractivity contribution in [2.24, 2.45) is 5.92 Å². The monoisotopic (exact) mass is 367 g/mol. The number of aryl methyl sites for hydroxylation is 1. The molecule has 138 valence electrons. The van der Waals surface area contributed by atoms with Gasteiger partial charge in [0.2, 0.25) is 11.8 Å². The Morgan fingerprint density at radius 3 is 2.68 bits per heavy atom. The molecule has 3 unspecified atom stereocenters. The fourth-order valence-corrected chi connectivity index (χ4v) is 3.37. The van der Waals surface area contributed by atoms with Crippen molar-refractivity contribution in [1.29, 1.82) is 0 Å². The van der Waals surface area contributed by atoms with E-state index in [0.717, 1.165) is 5.56 Å².